The first-order valence-electron chi connectivity index (χ1n) is 5.38. The van der Waals surface area contributed by atoms with Crippen LogP contribution in [0, 0.1) is 5.92 Å². The van der Waals surface area contributed by atoms with Crippen LogP contribution in [0.5, 0.6) is 5.75 Å². The summed E-state index contributed by atoms with van der Waals surface area (Å²) in [6.45, 7) is 8.66. The van der Waals surface area contributed by atoms with E-state index in [1.54, 1.807) is 0 Å². The van der Waals surface area contributed by atoms with Gasteiger partial charge >= 0.3 is 0 Å². The molecule has 1 aromatic carbocycles. The molecule has 1 heteroatoms. The van der Waals surface area contributed by atoms with Crippen molar-refractivity contribution in [3.63, 3.8) is 0 Å². The molecular weight excluding hydrogens is 172 g/mol. The summed E-state index contributed by atoms with van der Waals surface area (Å²) >= 11 is 0. The molecular formula is C13H20O. The lowest BCUT2D eigenvalue weighted by atomic mass is 9.89. The molecule has 1 unspecified atom stereocenters. The summed E-state index contributed by atoms with van der Waals surface area (Å²) in [6.07, 6.45) is 0.891. The topological polar surface area (TPSA) is 20.2 Å². The molecule has 1 N–H and O–H groups in total. The normalized spacial score (nSPS) is 13.2. The van der Waals surface area contributed by atoms with Gasteiger partial charge in [-0.1, -0.05) is 39.8 Å². The van der Waals surface area contributed by atoms with Crippen LogP contribution in [0.4, 0.5) is 0 Å². The van der Waals surface area contributed by atoms with Crippen molar-refractivity contribution in [2.45, 2.75) is 40.0 Å². The molecule has 78 valence electrons. The molecule has 0 aromatic heterocycles. The Kier molecular flexibility index (Phi) is 3.56. The van der Waals surface area contributed by atoms with Crippen LogP contribution in [0.2, 0.25) is 0 Å². The smallest absolute Gasteiger partial charge is 0.119 e. The molecule has 1 nitrogen and oxygen atoms in total. The van der Waals surface area contributed by atoms with E-state index < -0.39 is 0 Å². The molecule has 0 radical (unpaired) electrons. The van der Waals surface area contributed by atoms with Gasteiger partial charge in [-0.3, -0.25) is 0 Å². The van der Waals surface area contributed by atoms with Gasteiger partial charge in [0.1, 0.15) is 5.75 Å². The second-order valence-electron chi connectivity index (χ2n) is 4.27. The molecule has 1 rings (SSSR count). The highest BCUT2D eigenvalue weighted by Crippen LogP contribution is 2.28. The quantitative estimate of drug-likeness (QED) is 0.774. The number of phenols is 1. The Labute approximate surface area is 86.8 Å². The summed E-state index contributed by atoms with van der Waals surface area (Å²) in [5.41, 5.74) is 2.26. The molecule has 0 saturated carbocycles. The van der Waals surface area contributed by atoms with Gasteiger partial charge in [0.2, 0.25) is 0 Å². The number of aromatic hydroxyl groups is 1. The van der Waals surface area contributed by atoms with Crippen molar-refractivity contribution in [3.8, 4) is 5.75 Å². The summed E-state index contributed by atoms with van der Waals surface area (Å²) in [6, 6.07) is 6.07. The van der Waals surface area contributed by atoms with Crippen LogP contribution in [0.3, 0.4) is 0 Å². The molecule has 1 aromatic rings. The summed E-state index contributed by atoms with van der Waals surface area (Å²) < 4.78 is 0. The number of aryl methyl sites for hydroxylation is 1. The van der Waals surface area contributed by atoms with Crippen LogP contribution >= 0.6 is 0 Å². The van der Waals surface area contributed by atoms with Crippen molar-refractivity contribution in [1.82, 2.24) is 0 Å². The summed E-state index contributed by atoms with van der Waals surface area (Å²) in [5.74, 6) is 1.56. The number of rotatable bonds is 3. The second-order valence-corrected chi connectivity index (χ2v) is 4.27. The van der Waals surface area contributed by atoms with Crippen LogP contribution < -0.4 is 0 Å². The van der Waals surface area contributed by atoms with Crippen molar-refractivity contribution in [2.24, 2.45) is 5.92 Å². The van der Waals surface area contributed by atoms with E-state index in [4.69, 9.17) is 0 Å². The minimum Gasteiger partial charge on any atom is -0.508 e. The van der Waals surface area contributed by atoms with E-state index in [1.165, 1.54) is 5.56 Å². The Morgan fingerprint density at radius 1 is 1.21 bits per heavy atom. The van der Waals surface area contributed by atoms with Gasteiger partial charge in [-0.25, -0.2) is 0 Å². The van der Waals surface area contributed by atoms with E-state index >= 15 is 0 Å². The lowest BCUT2D eigenvalue weighted by Crippen LogP contribution is -2.02. The Morgan fingerprint density at radius 3 is 2.29 bits per heavy atom. The first kappa shape index (κ1) is 11.1. The first-order chi connectivity index (χ1) is 6.56. The summed E-state index contributed by atoms with van der Waals surface area (Å²) in [7, 11) is 0. The first-order valence-corrected chi connectivity index (χ1v) is 5.38. The van der Waals surface area contributed by atoms with Crippen molar-refractivity contribution >= 4 is 0 Å². The maximum Gasteiger partial charge on any atom is 0.119 e. The predicted octanol–water partition coefficient (Wildman–Crippen LogP) is 3.71. The fraction of sp³-hybridized carbons (Fsp3) is 0.538. The summed E-state index contributed by atoms with van der Waals surface area (Å²) in [5, 5.41) is 9.72. The largest absolute Gasteiger partial charge is 0.508 e. The minimum atomic E-state index is 0.442. The fourth-order valence-corrected chi connectivity index (χ4v) is 1.55. The van der Waals surface area contributed by atoms with Gasteiger partial charge < -0.3 is 5.11 Å². The maximum atomic E-state index is 9.72. The number of hydrogen-bond donors (Lipinski definition) is 1. The molecule has 0 bridgehead atoms. The Balaban J connectivity index is 2.96. The standard InChI is InChI=1S/C13H20O/c1-5-11-6-7-12(8-13(11)14)10(4)9(2)3/h6-10,14H,5H2,1-4H3. The average Bonchev–Trinajstić information content (AvgIpc) is 2.16. The highest BCUT2D eigenvalue weighted by Gasteiger charge is 2.11. The zero-order valence-corrected chi connectivity index (χ0v) is 9.54. The van der Waals surface area contributed by atoms with Crippen LogP contribution in [0.1, 0.15) is 44.7 Å². The third kappa shape index (κ3) is 2.28. The second kappa shape index (κ2) is 4.50. The summed E-state index contributed by atoms with van der Waals surface area (Å²) in [4.78, 5) is 0. The molecule has 0 fully saturated rings. The van der Waals surface area contributed by atoms with E-state index in [9.17, 15) is 5.11 Å². The molecule has 0 spiro atoms. The van der Waals surface area contributed by atoms with Gasteiger partial charge in [0.15, 0.2) is 0 Å². The lowest BCUT2D eigenvalue weighted by Gasteiger charge is -2.16. The number of phenolic OH excluding ortho intramolecular Hbond substituents is 1. The maximum absolute atomic E-state index is 9.72. The van der Waals surface area contributed by atoms with E-state index in [0.29, 0.717) is 17.6 Å². The zero-order chi connectivity index (χ0) is 10.7. The predicted molar refractivity (Wildman–Crippen MR) is 60.7 cm³/mol. The molecule has 0 heterocycles. The van der Waals surface area contributed by atoms with E-state index in [2.05, 4.69) is 33.8 Å². The third-order valence-electron chi connectivity index (χ3n) is 3.02. The van der Waals surface area contributed by atoms with E-state index in [0.717, 1.165) is 12.0 Å². The van der Waals surface area contributed by atoms with Gasteiger partial charge in [-0.05, 0) is 35.4 Å². The van der Waals surface area contributed by atoms with Crippen LogP contribution in [-0.4, -0.2) is 5.11 Å². The van der Waals surface area contributed by atoms with Crippen molar-refractivity contribution in [2.75, 3.05) is 0 Å². The number of hydrogen-bond acceptors (Lipinski definition) is 1. The number of benzene rings is 1. The highest BCUT2D eigenvalue weighted by atomic mass is 16.3. The minimum absolute atomic E-state index is 0.442. The van der Waals surface area contributed by atoms with Crippen molar-refractivity contribution in [3.05, 3.63) is 29.3 Å². The Hall–Kier alpha value is -0.980. The lowest BCUT2D eigenvalue weighted by molar-refractivity contribution is 0.464. The molecule has 14 heavy (non-hydrogen) atoms. The molecule has 0 aliphatic heterocycles. The fourth-order valence-electron chi connectivity index (χ4n) is 1.55. The van der Waals surface area contributed by atoms with Crippen LogP contribution in [-0.2, 0) is 6.42 Å². The molecule has 0 amide bonds. The molecule has 0 aliphatic rings. The Morgan fingerprint density at radius 2 is 1.86 bits per heavy atom. The Bertz CT molecular complexity index is 302. The van der Waals surface area contributed by atoms with Gasteiger partial charge in [0.05, 0.1) is 0 Å². The third-order valence-corrected chi connectivity index (χ3v) is 3.02. The average molecular weight is 192 g/mol. The highest BCUT2D eigenvalue weighted by molar-refractivity contribution is 5.37. The van der Waals surface area contributed by atoms with Gasteiger partial charge in [-0.15, -0.1) is 0 Å². The van der Waals surface area contributed by atoms with Gasteiger partial charge in [-0.2, -0.15) is 0 Å². The zero-order valence-electron chi connectivity index (χ0n) is 9.54. The van der Waals surface area contributed by atoms with Crippen molar-refractivity contribution < 1.29 is 5.11 Å². The molecule has 0 saturated heterocycles. The molecule has 0 aliphatic carbocycles. The van der Waals surface area contributed by atoms with Gasteiger partial charge in [0, 0.05) is 0 Å². The van der Waals surface area contributed by atoms with Crippen molar-refractivity contribution in [1.29, 1.82) is 0 Å². The molecule has 1 atom stereocenters. The van der Waals surface area contributed by atoms with E-state index in [-0.39, 0.29) is 0 Å². The van der Waals surface area contributed by atoms with Crippen LogP contribution in [0.15, 0.2) is 18.2 Å². The van der Waals surface area contributed by atoms with Gasteiger partial charge in [0.25, 0.3) is 0 Å². The SMILES string of the molecule is CCc1ccc(C(C)C(C)C)cc1O. The monoisotopic (exact) mass is 192 g/mol. The van der Waals surface area contributed by atoms with E-state index in [1.807, 2.05) is 12.1 Å². The van der Waals surface area contributed by atoms with Crippen LogP contribution in [0.25, 0.3) is 0 Å².